The average Bonchev–Trinajstić information content (AvgIpc) is 3.31. The molecule has 1 aliphatic heterocycles. The van der Waals surface area contributed by atoms with Crippen LogP contribution in [0.4, 0.5) is 18.9 Å². The quantitative estimate of drug-likeness (QED) is 0.652. The monoisotopic (exact) mass is 442 g/mol. The Labute approximate surface area is 182 Å². The summed E-state index contributed by atoms with van der Waals surface area (Å²) < 4.78 is 39.4. The van der Waals surface area contributed by atoms with E-state index in [2.05, 4.69) is 10.4 Å². The van der Waals surface area contributed by atoms with Gasteiger partial charge in [0, 0.05) is 30.5 Å². The molecule has 6 nitrogen and oxygen atoms in total. The number of piperidine rings is 1. The van der Waals surface area contributed by atoms with Crippen molar-refractivity contribution >= 4 is 17.5 Å². The summed E-state index contributed by atoms with van der Waals surface area (Å²) >= 11 is 0. The minimum Gasteiger partial charge on any atom is -0.338 e. The molecular weight excluding hydrogens is 421 g/mol. The molecule has 1 unspecified atom stereocenters. The van der Waals surface area contributed by atoms with Gasteiger partial charge in [0.2, 0.25) is 5.91 Å². The lowest BCUT2D eigenvalue weighted by atomic mass is 9.96. The summed E-state index contributed by atoms with van der Waals surface area (Å²) in [5.74, 6) is -0.648. The first-order valence-corrected chi connectivity index (χ1v) is 10.2. The second-order valence-corrected chi connectivity index (χ2v) is 7.64. The van der Waals surface area contributed by atoms with Crippen molar-refractivity contribution in [3.8, 4) is 5.69 Å². The Morgan fingerprint density at radius 3 is 2.38 bits per heavy atom. The Morgan fingerprint density at radius 2 is 1.72 bits per heavy atom. The number of nitrogens with zero attached hydrogens (tertiary/aromatic N) is 3. The number of para-hydroxylation sites is 1. The molecule has 9 heteroatoms. The van der Waals surface area contributed by atoms with Gasteiger partial charge < -0.3 is 10.2 Å². The number of alkyl halides is 3. The van der Waals surface area contributed by atoms with Gasteiger partial charge in [0.25, 0.3) is 5.91 Å². The molecule has 1 atom stereocenters. The maximum absolute atomic E-state index is 12.9. The fourth-order valence-corrected chi connectivity index (χ4v) is 3.70. The van der Waals surface area contributed by atoms with Gasteiger partial charge in [0.15, 0.2) is 5.69 Å². The molecule has 0 spiro atoms. The van der Waals surface area contributed by atoms with Gasteiger partial charge in [-0.2, -0.15) is 18.3 Å². The number of nitrogens with one attached hydrogen (secondary N) is 1. The fourth-order valence-electron chi connectivity index (χ4n) is 3.70. The second kappa shape index (κ2) is 8.86. The lowest BCUT2D eigenvalue weighted by molar-refractivity contribution is -0.141. The molecule has 1 aromatic heterocycles. The molecule has 0 radical (unpaired) electrons. The van der Waals surface area contributed by atoms with Gasteiger partial charge in [-0.25, -0.2) is 4.68 Å². The summed E-state index contributed by atoms with van der Waals surface area (Å²) in [6, 6.07) is 16.3. The van der Waals surface area contributed by atoms with E-state index in [1.54, 1.807) is 29.2 Å². The van der Waals surface area contributed by atoms with E-state index in [9.17, 15) is 22.8 Å². The minimum absolute atomic E-state index is 0.122. The molecule has 0 aliphatic carbocycles. The predicted octanol–water partition coefficient (Wildman–Crippen LogP) is 4.38. The number of rotatable bonds is 4. The number of carbonyl (C=O) groups excluding carboxylic acids is 2. The van der Waals surface area contributed by atoms with Crippen LogP contribution in [0.3, 0.4) is 0 Å². The number of carbonyl (C=O) groups is 2. The van der Waals surface area contributed by atoms with Crippen LogP contribution in [0.5, 0.6) is 0 Å². The molecule has 4 rings (SSSR count). The standard InChI is InChI=1S/C23H21F3N4O2/c24-23(25,26)20-12-14-30(28-20)19-10-8-16(9-11-19)22(32)29-13-4-5-17(15-29)21(31)27-18-6-2-1-3-7-18/h1-3,6-12,14,17H,4-5,13,15H2,(H,27,31). The zero-order valence-corrected chi connectivity index (χ0v) is 17.0. The van der Waals surface area contributed by atoms with E-state index in [0.717, 1.165) is 10.7 Å². The third-order valence-electron chi connectivity index (χ3n) is 5.38. The average molecular weight is 442 g/mol. The van der Waals surface area contributed by atoms with Gasteiger partial charge >= 0.3 is 6.18 Å². The van der Waals surface area contributed by atoms with Crippen molar-refractivity contribution in [2.24, 2.45) is 5.92 Å². The summed E-state index contributed by atoms with van der Waals surface area (Å²) in [6.07, 6.45) is -1.88. The first kappa shape index (κ1) is 21.6. The van der Waals surface area contributed by atoms with Crippen LogP contribution in [0.15, 0.2) is 66.9 Å². The highest BCUT2D eigenvalue weighted by atomic mass is 19.4. The molecule has 0 saturated carbocycles. The lowest BCUT2D eigenvalue weighted by Crippen LogP contribution is -2.43. The predicted molar refractivity (Wildman–Crippen MR) is 112 cm³/mol. The SMILES string of the molecule is O=C(Nc1ccccc1)C1CCCN(C(=O)c2ccc(-n3ccc(C(F)(F)F)n3)cc2)C1. The molecular formula is C23H21F3N4O2. The van der Waals surface area contributed by atoms with E-state index < -0.39 is 11.9 Å². The van der Waals surface area contributed by atoms with Crippen LogP contribution in [0.25, 0.3) is 5.69 Å². The molecule has 3 aromatic rings. The molecule has 32 heavy (non-hydrogen) atoms. The number of likely N-dealkylation sites (tertiary alicyclic amines) is 1. The summed E-state index contributed by atoms with van der Waals surface area (Å²) in [5.41, 5.74) is 0.548. The summed E-state index contributed by atoms with van der Waals surface area (Å²) in [5, 5.41) is 6.41. The van der Waals surface area contributed by atoms with Crippen molar-refractivity contribution < 1.29 is 22.8 Å². The van der Waals surface area contributed by atoms with Gasteiger partial charge in [-0.15, -0.1) is 0 Å². The van der Waals surface area contributed by atoms with Crippen LogP contribution in [0.2, 0.25) is 0 Å². The van der Waals surface area contributed by atoms with Crippen LogP contribution in [-0.4, -0.2) is 39.6 Å². The Balaban J connectivity index is 1.41. The molecule has 2 amide bonds. The summed E-state index contributed by atoms with van der Waals surface area (Å²) in [7, 11) is 0. The number of anilines is 1. The number of halogens is 3. The number of aromatic nitrogens is 2. The highest BCUT2D eigenvalue weighted by Crippen LogP contribution is 2.28. The first-order chi connectivity index (χ1) is 15.3. The number of amides is 2. The van der Waals surface area contributed by atoms with E-state index in [1.165, 1.54) is 6.20 Å². The van der Waals surface area contributed by atoms with Crippen molar-refractivity contribution in [3.05, 3.63) is 78.1 Å². The Hall–Kier alpha value is -3.62. The van der Waals surface area contributed by atoms with Crippen molar-refractivity contribution in [1.29, 1.82) is 0 Å². The minimum atomic E-state index is -4.52. The van der Waals surface area contributed by atoms with Crippen molar-refractivity contribution in [1.82, 2.24) is 14.7 Å². The molecule has 2 aromatic carbocycles. The van der Waals surface area contributed by atoms with Crippen molar-refractivity contribution in [2.75, 3.05) is 18.4 Å². The molecule has 0 bridgehead atoms. The molecule has 1 N–H and O–H groups in total. The zero-order chi connectivity index (χ0) is 22.7. The maximum Gasteiger partial charge on any atom is 0.435 e. The van der Waals surface area contributed by atoms with Crippen LogP contribution in [0.1, 0.15) is 28.9 Å². The summed E-state index contributed by atoms with van der Waals surface area (Å²) in [4.78, 5) is 27.2. The van der Waals surface area contributed by atoms with Gasteiger partial charge in [-0.3, -0.25) is 9.59 Å². The largest absolute Gasteiger partial charge is 0.435 e. The van der Waals surface area contributed by atoms with Crippen LogP contribution >= 0.6 is 0 Å². The number of benzene rings is 2. The fraction of sp³-hybridized carbons (Fsp3) is 0.261. The van der Waals surface area contributed by atoms with Crippen molar-refractivity contribution in [3.63, 3.8) is 0 Å². The first-order valence-electron chi connectivity index (χ1n) is 10.2. The van der Waals surface area contributed by atoms with E-state index in [0.29, 0.717) is 42.9 Å². The molecule has 2 heterocycles. The van der Waals surface area contributed by atoms with Crippen LogP contribution in [0, 0.1) is 5.92 Å². The van der Waals surface area contributed by atoms with Gasteiger partial charge in [-0.05, 0) is 55.3 Å². The van der Waals surface area contributed by atoms with Gasteiger partial charge in [0.1, 0.15) is 0 Å². The number of hydrogen-bond donors (Lipinski definition) is 1. The highest BCUT2D eigenvalue weighted by Gasteiger charge is 2.33. The maximum atomic E-state index is 12.9. The zero-order valence-electron chi connectivity index (χ0n) is 17.0. The molecule has 166 valence electrons. The third-order valence-corrected chi connectivity index (χ3v) is 5.38. The number of hydrogen-bond acceptors (Lipinski definition) is 3. The molecule has 1 saturated heterocycles. The third kappa shape index (κ3) is 4.82. The van der Waals surface area contributed by atoms with Gasteiger partial charge in [-0.1, -0.05) is 18.2 Å². The van der Waals surface area contributed by atoms with Crippen molar-refractivity contribution in [2.45, 2.75) is 19.0 Å². The van der Waals surface area contributed by atoms with E-state index in [-0.39, 0.29) is 17.7 Å². The smallest absolute Gasteiger partial charge is 0.338 e. The summed E-state index contributed by atoms with van der Waals surface area (Å²) in [6.45, 7) is 0.858. The highest BCUT2D eigenvalue weighted by molar-refractivity contribution is 5.96. The topological polar surface area (TPSA) is 67.2 Å². The van der Waals surface area contributed by atoms with Crippen LogP contribution in [-0.2, 0) is 11.0 Å². The van der Waals surface area contributed by atoms with E-state index in [1.807, 2.05) is 30.3 Å². The normalized spacial score (nSPS) is 16.6. The Bertz CT molecular complexity index is 1090. The molecule has 1 fully saturated rings. The lowest BCUT2D eigenvalue weighted by Gasteiger charge is -2.32. The molecule has 1 aliphatic rings. The van der Waals surface area contributed by atoms with E-state index in [4.69, 9.17) is 0 Å². The van der Waals surface area contributed by atoms with Gasteiger partial charge in [0.05, 0.1) is 11.6 Å². The Morgan fingerprint density at radius 1 is 1.00 bits per heavy atom. The Kier molecular flexibility index (Phi) is 5.98. The second-order valence-electron chi connectivity index (χ2n) is 7.64. The van der Waals surface area contributed by atoms with E-state index >= 15 is 0 Å². The van der Waals surface area contributed by atoms with Crippen LogP contribution < -0.4 is 5.32 Å².